The van der Waals surface area contributed by atoms with E-state index in [9.17, 15) is 4.39 Å². The van der Waals surface area contributed by atoms with Crippen LogP contribution in [0, 0.1) is 5.82 Å². The van der Waals surface area contributed by atoms with Gasteiger partial charge in [-0.05, 0) is 50.3 Å². The molecule has 20 heavy (non-hydrogen) atoms. The van der Waals surface area contributed by atoms with Gasteiger partial charge >= 0.3 is 0 Å². The van der Waals surface area contributed by atoms with E-state index in [2.05, 4.69) is 22.0 Å². The van der Waals surface area contributed by atoms with Gasteiger partial charge in [-0.1, -0.05) is 24.3 Å². The minimum atomic E-state index is -0.204. The summed E-state index contributed by atoms with van der Waals surface area (Å²) >= 11 is 3.46. The Kier molecular flexibility index (Phi) is 2.42. The van der Waals surface area contributed by atoms with Gasteiger partial charge in [-0.2, -0.15) is 0 Å². The minimum Gasteiger partial charge on any atom is -0.495 e. The molecule has 4 aromatic carbocycles. The van der Waals surface area contributed by atoms with Gasteiger partial charge in [0, 0.05) is 16.2 Å². The zero-order chi connectivity index (χ0) is 13.9. The molecule has 0 aliphatic rings. The van der Waals surface area contributed by atoms with Crippen molar-refractivity contribution in [3.05, 3.63) is 52.8 Å². The highest BCUT2D eigenvalue weighted by molar-refractivity contribution is 9.10. The van der Waals surface area contributed by atoms with Gasteiger partial charge in [-0.3, -0.25) is 0 Å². The molecule has 0 aromatic heterocycles. The van der Waals surface area contributed by atoms with Crippen LogP contribution in [0.2, 0.25) is 0 Å². The van der Waals surface area contributed by atoms with Crippen LogP contribution in [0.4, 0.5) is 4.39 Å². The summed E-state index contributed by atoms with van der Waals surface area (Å²) in [7, 11) is 1.63. The van der Waals surface area contributed by atoms with Crippen LogP contribution in [0.15, 0.2) is 46.9 Å². The highest BCUT2D eigenvalue weighted by atomic mass is 79.9. The molecule has 0 fully saturated rings. The summed E-state index contributed by atoms with van der Waals surface area (Å²) in [6.07, 6.45) is 0. The molecule has 4 aromatic rings. The maximum Gasteiger partial charge on any atom is 0.140 e. The Morgan fingerprint density at radius 3 is 2.55 bits per heavy atom. The largest absolute Gasteiger partial charge is 0.495 e. The van der Waals surface area contributed by atoms with Crippen LogP contribution in [0.5, 0.6) is 5.75 Å². The lowest BCUT2D eigenvalue weighted by Crippen LogP contribution is -1.92. The number of benzene rings is 4. The van der Waals surface area contributed by atoms with Crippen molar-refractivity contribution >= 4 is 48.2 Å². The van der Waals surface area contributed by atoms with E-state index in [1.807, 2.05) is 24.3 Å². The molecule has 0 N–H and O–H groups in total. The van der Waals surface area contributed by atoms with Gasteiger partial charge in [-0.25, -0.2) is 4.39 Å². The van der Waals surface area contributed by atoms with Gasteiger partial charge in [0.25, 0.3) is 0 Å². The average molecular weight is 329 g/mol. The Bertz CT molecular complexity index is 962. The second kappa shape index (κ2) is 4.06. The summed E-state index contributed by atoms with van der Waals surface area (Å²) in [5.74, 6) is 0.541. The molecule has 3 heteroatoms. The Labute approximate surface area is 123 Å². The van der Waals surface area contributed by atoms with Crippen LogP contribution >= 0.6 is 15.9 Å². The summed E-state index contributed by atoms with van der Waals surface area (Å²) in [6, 6.07) is 13.4. The fourth-order valence-electron chi connectivity index (χ4n) is 3.00. The predicted molar refractivity (Wildman–Crippen MR) is 84.4 cm³/mol. The van der Waals surface area contributed by atoms with E-state index in [0.717, 1.165) is 37.2 Å². The molecule has 0 saturated heterocycles. The van der Waals surface area contributed by atoms with E-state index in [-0.39, 0.29) is 5.82 Å². The van der Waals surface area contributed by atoms with Gasteiger partial charge in [0.15, 0.2) is 0 Å². The number of hydrogen-bond donors (Lipinski definition) is 0. The monoisotopic (exact) mass is 328 g/mol. The minimum absolute atomic E-state index is 0.204. The first kappa shape index (κ1) is 11.9. The summed E-state index contributed by atoms with van der Waals surface area (Å²) in [6.45, 7) is 0. The highest BCUT2D eigenvalue weighted by Crippen LogP contribution is 2.43. The molecule has 4 rings (SSSR count). The summed E-state index contributed by atoms with van der Waals surface area (Å²) in [5, 5.41) is 5.61. The standard InChI is InChI=1S/C17H10BrFO/c1-20-17-11-6-5-9-3-2-4-10-7-14(19)12(8-13(17)18)16(11)15(9)10/h2-8H,1H3. The van der Waals surface area contributed by atoms with Crippen LogP contribution in [0.25, 0.3) is 32.3 Å². The van der Waals surface area contributed by atoms with Gasteiger partial charge in [-0.15, -0.1) is 0 Å². The fraction of sp³-hybridized carbons (Fsp3) is 0.0588. The van der Waals surface area contributed by atoms with Crippen LogP contribution in [0.3, 0.4) is 0 Å². The number of rotatable bonds is 1. The Balaban J connectivity index is 2.42. The Morgan fingerprint density at radius 2 is 1.75 bits per heavy atom. The van der Waals surface area contributed by atoms with Crippen molar-refractivity contribution in [2.24, 2.45) is 0 Å². The van der Waals surface area contributed by atoms with E-state index in [4.69, 9.17) is 4.74 Å². The lowest BCUT2D eigenvalue weighted by molar-refractivity contribution is 0.417. The number of ether oxygens (including phenoxy) is 1. The normalized spacial score (nSPS) is 11.8. The van der Waals surface area contributed by atoms with Crippen molar-refractivity contribution in [3.63, 3.8) is 0 Å². The van der Waals surface area contributed by atoms with Gasteiger partial charge in [0.05, 0.1) is 11.6 Å². The molecule has 0 atom stereocenters. The third-order valence-corrected chi connectivity index (χ3v) is 4.41. The van der Waals surface area contributed by atoms with Gasteiger partial charge < -0.3 is 4.74 Å². The fourth-order valence-corrected chi connectivity index (χ4v) is 3.60. The maximum atomic E-state index is 14.4. The molecular weight excluding hydrogens is 319 g/mol. The molecule has 0 amide bonds. The van der Waals surface area contributed by atoms with Crippen LogP contribution in [0.1, 0.15) is 0 Å². The second-order valence-electron chi connectivity index (χ2n) is 4.86. The third kappa shape index (κ3) is 1.41. The van der Waals surface area contributed by atoms with E-state index >= 15 is 0 Å². The molecule has 0 spiro atoms. The average Bonchev–Trinajstić information content (AvgIpc) is 2.45. The molecule has 98 valence electrons. The quantitative estimate of drug-likeness (QED) is 0.419. The number of halogens is 2. The molecular formula is C17H10BrFO. The molecule has 0 saturated carbocycles. The number of hydrogen-bond acceptors (Lipinski definition) is 1. The van der Waals surface area contributed by atoms with Crippen molar-refractivity contribution in [2.75, 3.05) is 7.11 Å². The highest BCUT2D eigenvalue weighted by Gasteiger charge is 2.16. The molecule has 1 nitrogen and oxygen atoms in total. The zero-order valence-electron chi connectivity index (χ0n) is 10.7. The van der Waals surface area contributed by atoms with E-state index in [1.54, 1.807) is 19.2 Å². The Hall–Kier alpha value is -1.87. The molecule has 0 radical (unpaired) electrons. The SMILES string of the molecule is COc1c(Br)cc2c(F)cc3cccc4ccc1c2c43. The van der Waals surface area contributed by atoms with E-state index in [0.29, 0.717) is 5.39 Å². The van der Waals surface area contributed by atoms with E-state index in [1.165, 1.54) is 0 Å². The molecule has 0 aliphatic heterocycles. The van der Waals surface area contributed by atoms with Crippen LogP contribution < -0.4 is 4.74 Å². The van der Waals surface area contributed by atoms with Crippen molar-refractivity contribution < 1.29 is 9.13 Å². The lowest BCUT2D eigenvalue weighted by atomic mass is 9.93. The van der Waals surface area contributed by atoms with Crippen molar-refractivity contribution in [2.45, 2.75) is 0 Å². The van der Waals surface area contributed by atoms with Crippen LogP contribution in [-0.2, 0) is 0 Å². The smallest absolute Gasteiger partial charge is 0.140 e. The lowest BCUT2D eigenvalue weighted by Gasteiger charge is -2.15. The molecule has 0 aliphatic carbocycles. The Morgan fingerprint density at radius 1 is 0.950 bits per heavy atom. The molecule has 0 unspecified atom stereocenters. The summed E-state index contributed by atoms with van der Waals surface area (Å²) in [4.78, 5) is 0. The van der Waals surface area contributed by atoms with E-state index < -0.39 is 0 Å². The molecule has 0 bridgehead atoms. The predicted octanol–water partition coefficient (Wildman–Crippen LogP) is 5.49. The van der Waals surface area contributed by atoms with Crippen molar-refractivity contribution in [1.82, 2.24) is 0 Å². The maximum absolute atomic E-state index is 14.4. The number of methoxy groups -OCH3 is 1. The van der Waals surface area contributed by atoms with Crippen molar-refractivity contribution in [3.8, 4) is 5.75 Å². The first-order valence-electron chi connectivity index (χ1n) is 6.30. The van der Waals surface area contributed by atoms with Crippen molar-refractivity contribution in [1.29, 1.82) is 0 Å². The zero-order valence-corrected chi connectivity index (χ0v) is 12.3. The van der Waals surface area contributed by atoms with Gasteiger partial charge in [0.2, 0.25) is 0 Å². The summed E-state index contributed by atoms with van der Waals surface area (Å²) < 4.78 is 20.6. The topological polar surface area (TPSA) is 9.23 Å². The first-order chi connectivity index (χ1) is 9.70. The first-order valence-corrected chi connectivity index (χ1v) is 7.09. The molecule has 0 heterocycles. The second-order valence-corrected chi connectivity index (χ2v) is 5.72. The summed E-state index contributed by atoms with van der Waals surface area (Å²) in [5.41, 5.74) is 0. The third-order valence-electron chi connectivity index (χ3n) is 3.82. The van der Waals surface area contributed by atoms with Gasteiger partial charge in [0.1, 0.15) is 11.6 Å². The van der Waals surface area contributed by atoms with Crippen LogP contribution in [-0.4, -0.2) is 7.11 Å².